The number of rotatable bonds is 2. The molecule has 1 aliphatic rings. The zero-order valence-corrected chi connectivity index (χ0v) is 8.44. The molecule has 0 aliphatic heterocycles. The molecule has 1 aromatic heterocycles. The van der Waals surface area contributed by atoms with Gasteiger partial charge in [-0.25, -0.2) is 8.78 Å². The van der Waals surface area contributed by atoms with Crippen LogP contribution in [0, 0.1) is 5.92 Å². The van der Waals surface area contributed by atoms with Crippen molar-refractivity contribution < 1.29 is 13.9 Å². The largest absolute Gasteiger partial charge is 0.387 e. The molecule has 2 atom stereocenters. The maximum Gasteiger partial charge on any atom is 0.248 e. The van der Waals surface area contributed by atoms with Crippen molar-refractivity contribution >= 4 is 11.3 Å². The van der Waals surface area contributed by atoms with Crippen LogP contribution in [0.25, 0.3) is 0 Å². The molecule has 78 valence electrons. The van der Waals surface area contributed by atoms with Crippen molar-refractivity contribution in [3.05, 3.63) is 22.4 Å². The average Bonchev–Trinajstić information content (AvgIpc) is 2.72. The van der Waals surface area contributed by atoms with E-state index in [-0.39, 0.29) is 18.8 Å². The van der Waals surface area contributed by atoms with Gasteiger partial charge in [-0.2, -0.15) is 0 Å². The maximum atomic E-state index is 12.9. The van der Waals surface area contributed by atoms with E-state index in [1.807, 2.05) is 11.4 Å². The maximum absolute atomic E-state index is 12.9. The van der Waals surface area contributed by atoms with Gasteiger partial charge < -0.3 is 5.11 Å². The van der Waals surface area contributed by atoms with Crippen LogP contribution in [0.15, 0.2) is 17.5 Å². The lowest BCUT2D eigenvalue weighted by Gasteiger charge is -2.16. The Hall–Kier alpha value is -0.480. The molecule has 1 saturated carbocycles. The third-order valence-electron chi connectivity index (χ3n) is 2.72. The van der Waals surface area contributed by atoms with E-state index >= 15 is 0 Å². The Kier molecular flexibility index (Phi) is 2.58. The zero-order chi connectivity index (χ0) is 10.2. The van der Waals surface area contributed by atoms with E-state index in [0.717, 1.165) is 4.88 Å². The fraction of sp³-hybridized carbons (Fsp3) is 0.600. The molecule has 1 aliphatic carbocycles. The first-order chi connectivity index (χ1) is 6.58. The molecule has 0 bridgehead atoms. The van der Waals surface area contributed by atoms with Crippen LogP contribution in [0.4, 0.5) is 8.78 Å². The van der Waals surface area contributed by atoms with Crippen molar-refractivity contribution in [2.24, 2.45) is 5.92 Å². The van der Waals surface area contributed by atoms with Crippen LogP contribution in [-0.4, -0.2) is 11.0 Å². The summed E-state index contributed by atoms with van der Waals surface area (Å²) in [7, 11) is 0. The second-order valence-corrected chi connectivity index (χ2v) is 4.80. The first kappa shape index (κ1) is 10.1. The highest BCUT2D eigenvalue weighted by Crippen LogP contribution is 2.44. The second kappa shape index (κ2) is 3.59. The van der Waals surface area contributed by atoms with Gasteiger partial charge in [0, 0.05) is 17.7 Å². The Morgan fingerprint density at radius 1 is 1.57 bits per heavy atom. The number of hydrogen-bond acceptors (Lipinski definition) is 2. The summed E-state index contributed by atoms with van der Waals surface area (Å²) in [6, 6.07) is 3.63. The van der Waals surface area contributed by atoms with Crippen molar-refractivity contribution in [3.63, 3.8) is 0 Å². The highest BCUT2D eigenvalue weighted by molar-refractivity contribution is 7.10. The summed E-state index contributed by atoms with van der Waals surface area (Å²) in [4.78, 5) is 0.799. The Balaban J connectivity index is 2.04. The topological polar surface area (TPSA) is 20.2 Å². The lowest BCUT2D eigenvalue weighted by molar-refractivity contribution is -0.00477. The normalized spacial score (nSPS) is 27.8. The summed E-state index contributed by atoms with van der Waals surface area (Å²) in [5, 5.41) is 11.7. The van der Waals surface area contributed by atoms with Gasteiger partial charge in [0.25, 0.3) is 0 Å². The molecule has 0 amide bonds. The molecule has 0 spiro atoms. The molecule has 1 heterocycles. The van der Waals surface area contributed by atoms with Crippen LogP contribution >= 0.6 is 11.3 Å². The minimum absolute atomic E-state index is 0.0832. The second-order valence-electron chi connectivity index (χ2n) is 3.82. The van der Waals surface area contributed by atoms with E-state index in [1.54, 1.807) is 6.07 Å². The lowest BCUT2D eigenvalue weighted by Crippen LogP contribution is -2.13. The van der Waals surface area contributed by atoms with E-state index < -0.39 is 12.0 Å². The van der Waals surface area contributed by atoms with Gasteiger partial charge in [0.2, 0.25) is 5.92 Å². The molecule has 1 nitrogen and oxygen atoms in total. The number of halogens is 2. The van der Waals surface area contributed by atoms with E-state index in [2.05, 4.69) is 0 Å². The van der Waals surface area contributed by atoms with Crippen LogP contribution in [0.1, 0.15) is 30.2 Å². The summed E-state index contributed by atoms with van der Waals surface area (Å²) in [5.41, 5.74) is 0. The summed E-state index contributed by atoms with van der Waals surface area (Å²) < 4.78 is 25.8. The SMILES string of the molecule is OC(c1cccs1)C1CCC(F)(F)C1. The van der Waals surface area contributed by atoms with Crippen molar-refractivity contribution in [3.8, 4) is 0 Å². The molecular weight excluding hydrogens is 206 g/mol. The first-order valence-electron chi connectivity index (χ1n) is 4.68. The number of thiophene rings is 1. The highest BCUT2D eigenvalue weighted by atomic mass is 32.1. The number of aliphatic hydroxyl groups is 1. The van der Waals surface area contributed by atoms with Crippen LogP contribution in [-0.2, 0) is 0 Å². The molecule has 2 unspecified atom stereocenters. The molecule has 4 heteroatoms. The smallest absolute Gasteiger partial charge is 0.248 e. The Morgan fingerprint density at radius 3 is 2.86 bits per heavy atom. The summed E-state index contributed by atoms with van der Waals surface area (Å²) >= 11 is 1.42. The molecule has 0 radical (unpaired) electrons. The fourth-order valence-electron chi connectivity index (χ4n) is 1.95. The van der Waals surface area contributed by atoms with Gasteiger partial charge in [0.05, 0.1) is 6.10 Å². The molecule has 1 fully saturated rings. The number of aliphatic hydroxyl groups excluding tert-OH is 1. The molecular formula is C10H12F2OS. The molecule has 1 aromatic rings. The predicted molar refractivity (Wildman–Crippen MR) is 51.6 cm³/mol. The van der Waals surface area contributed by atoms with Crippen molar-refractivity contribution in [2.45, 2.75) is 31.3 Å². The van der Waals surface area contributed by atoms with Crippen molar-refractivity contribution in [1.82, 2.24) is 0 Å². The molecule has 14 heavy (non-hydrogen) atoms. The van der Waals surface area contributed by atoms with Gasteiger partial charge in [-0.1, -0.05) is 6.07 Å². The molecule has 1 N–H and O–H groups in total. The standard InChI is InChI=1S/C10H12F2OS/c11-10(12)4-3-7(6-10)9(13)8-2-1-5-14-8/h1-2,5,7,9,13H,3-4,6H2. The fourth-order valence-corrected chi connectivity index (χ4v) is 2.75. The summed E-state index contributed by atoms with van der Waals surface area (Å²) in [5.74, 6) is -2.84. The number of alkyl halides is 2. The van der Waals surface area contributed by atoms with Gasteiger partial charge in [-0.3, -0.25) is 0 Å². The Bertz CT molecular complexity index is 297. The zero-order valence-electron chi connectivity index (χ0n) is 7.62. The van der Waals surface area contributed by atoms with Crippen LogP contribution < -0.4 is 0 Å². The Morgan fingerprint density at radius 2 is 2.36 bits per heavy atom. The minimum Gasteiger partial charge on any atom is -0.387 e. The third kappa shape index (κ3) is 1.96. The van der Waals surface area contributed by atoms with E-state index in [4.69, 9.17) is 0 Å². The van der Waals surface area contributed by atoms with Crippen LogP contribution in [0.2, 0.25) is 0 Å². The third-order valence-corrected chi connectivity index (χ3v) is 3.67. The van der Waals surface area contributed by atoms with E-state index in [0.29, 0.717) is 6.42 Å². The highest BCUT2D eigenvalue weighted by Gasteiger charge is 2.42. The van der Waals surface area contributed by atoms with Gasteiger partial charge in [0.15, 0.2) is 0 Å². The Labute approximate surface area is 85.4 Å². The summed E-state index contributed by atoms with van der Waals surface area (Å²) in [6.07, 6.45) is -0.540. The lowest BCUT2D eigenvalue weighted by atomic mass is 9.99. The van der Waals surface area contributed by atoms with Gasteiger partial charge in [-0.05, 0) is 23.8 Å². The first-order valence-corrected chi connectivity index (χ1v) is 5.56. The quantitative estimate of drug-likeness (QED) is 0.808. The predicted octanol–water partition coefficient (Wildman–Crippen LogP) is 3.22. The molecule has 0 aromatic carbocycles. The summed E-state index contributed by atoms with van der Waals surface area (Å²) in [6.45, 7) is 0. The molecule has 2 rings (SSSR count). The van der Waals surface area contributed by atoms with Crippen molar-refractivity contribution in [1.29, 1.82) is 0 Å². The van der Waals surface area contributed by atoms with Gasteiger partial charge >= 0.3 is 0 Å². The number of hydrogen-bond donors (Lipinski definition) is 1. The van der Waals surface area contributed by atoms with Crippen LogP contribution in [0.5, 0.6) is 0 Å². The van der Waals surface area contributed by atoms with E-state index in [1.165, 1.54) is 11.3 Å². The minimum atomic E-state index is -2.57. The van der Waals surface area contributed by atoms with E-state index in [9.17, 15) is 13.9 Å². The van der Waals surface area contributed by atoms with Gasteiger partial charge in [-0.15, -0.1) is 11.3 Å². The van der Waals surface area contributed by atoms with Crippen LogP contribution in [0.3, 0.4) is 0 Å². The molecule has 0 saturated heterocycles. The van der Waals surface area contributed by atoms with Crippen molar-refractivity contribution in [2.75, 3.05) is 0 Å². The average molecular weight is 218 g/mol. The monoisotopic (exact) mass is 218 g/mol. The van der Waals surface area contributed by atoms with Gasteiger partial charge in [0.1, 0.15) is 0 Å².